The molecule has 2 aromatic rings. The molecule has 0 fully saturated rings. The van der Waals surface area contributed by atoms with Gasteiger partial charge in [0.2, 0.25) is 0 Å². The van der Waals surface area contributed by atoms with Crippen molar-refractivity contribution in [2.45, 2.75) is 25.4 Å². The fourth-order valence-electron chi connectivity index (χ4n) is 2.66. The summed E-state index contributed by atoms with van der Waals surface area (Å²) in [5.74, 6) is 0. The van der Waals surface area contributed by atoms with Gasteiger partial charge in [0, 0.05) is 6.61 Å². The normalized spacial score (nSPS) is 11.5. The van der Waals surface area contributed by atoms with Gasteiger partial charge in [-0.1, -0.05) is 84.0 Å². The molecule has 0 radical (unpaired) electrons. The Kier molecular flexibility index (Phi) is 4.94. The van der Waals surface area contributed by atoms with Crippen molar-refractivity contribution in [3.8, 4) is 0 Å². The fraction of sp³-hybridized carbons (Fsp3) is 0.294. The number of hydrogen-bond donors (Lipinski definition) is 1. The van der Waals surface area contributed by atoms with Crippen LogP contribution in [-0.2, 0) is 0 Å². The van der Waals surface area contributed by atoms with E-state index in [1.807, 2.05) is 0 Å². The van der Waals surface area contributed by atoms with Crippen LogP contribution in [0.4, 0.5) is 0 Å². The van der Waals surface area contributed by atoms with Crippen LogP contribution in [0.25, 0.3) is 0 Å². The number of aliphatic hydroxyl groups is 1. The Morgan fingerprint density at radius 1 is 0.789 bits per heavy atom. The Hall–Kier alpha value is -1.38. The zero-order valence-corrected chi connectivity index (χ0v) is 12.5. The summed E-state index contributed by atoms with van der Waals surface area (Å²) in [6.45, 7) is 2.74. The minimum atomic E-state index is -1.65. The van der Waals surface area contributed by atoms with Crippen molar-refractivity contribution in [1.29, 1.82) is 0 Å². The van der Waals surface area contributed by atoms with Crippen molar-refractivity contribution in [3.05, 3.63) is 60.7 Å². The molecule has 0 unspecified atom stereocenters. The summed E-state index contributed by atoms with van der Waals surface area (Å²) in [7, 11) is -1.65. The van der Waals surface area contributed by atoms with Crippen LogP contribution in [0.15, 0.2) is 60.7 Å². The third kappa shape index (κ3) is 3.34. The summed E-state index contributed by atoms with van der Waals surface area (Å²) in [5, 5.41) is 12.0. The molecule has 0 aliphatic carbocycles. The van der Waals surface area contributed by atoms with E-state index in [-0.39, 0.29) is 0 Å². The molecule has 0 bridgehead atoms. The second-order valence-electron chi connectivity index (χ2n) is 5.24. The van der Waals surface area contributed by atoms with Crippen LogP contribution in [-0.4, -0.2) is 19.8 Å². The number of benzene rings is 2. The number of unbranched alkanes of at least 4 members (excludes halogenated alkanes) is 1. The van der Waals surface area contributed by atoms with Gasteiger partial charge in [0.25, 0.3) is 0 Å². The Balaban J connectivity index is 2.33. The van der Waals surface area contributed by atoms with E-state index >= 15 is 0 Å². The van der Waals surface area contributed by atoms with Gasteiger partial charge in [-0.3, -0.25) is 0 Å². The van der Waals surface area contributed by atoms with Crippen LogP contribution in [0.1, 0.15) is 12.8 Å². The standard InChI is InChI=1S/C17H22OSi/c1-19(15-9-8-14-18,16-10-4-2-5-11-16)17-12-6-3-7-13-17/h2-7,10-13,18H,8-9,14-15H2,1H3. The number of aliphatic hydroxyl groups excluding tert-OH is 1. The molecule has 0 aliphatic heterocycles. The van der Waals surface area contributed by atoms with Gasteiger partial charge < -0.3 is 5.11 Å². The predicted molar refractivity (Wildman–Crippen MR) is 84.9 cm³/mol. The zero-order chi connectivity index (χ0) is 13.6. The lowest BCUT2D eigenvalue weighted by Crippen LogP contribution is -2.55. The van der Waals surface area contributed by atoms with Crippen LogP contribution in [0.2, 0.25) is 12.6 Å². The van der Waals surface area contributed by atoms with Crippen LogP contribution >= 0.6 is 0 Å². The molecule has 0 heterocycles. The molecule has 2 rings (SSSR count). The first-order valence-corrected chi connectivity index (χ1v) is 9.70. The van der Waals surface area contributed by atoms with Crippen molar-refractivity contribution in [3.63, 3.8) is 0 Å². The van der Waals surface area contributed by atoms with Crippen LogP contribution < -0.4 is 10.4 Å². The molecule has 100 valence electrons. The first kappa shape index (κ1) is 14.0. The van der Waals surface area contributed by atoms with Gasteiger partial charge in [0.1, 0.15) is 8.07 Å². The lowest BCUT2D eigenvalue weighted by atomic mass is 10.3. The summed E-state index contributed by atoms with van der Waals surface area (Å²) in [6, 6.07) is 22.9. The summed E-state index contributed by atoms with van der Waals surface area (Å²) in [6.07, 6.45) is 2.01. The van der Waals surface area contributed by atoms with Crippen LogP contribution in [0, 0.1) is 0 Å². The van der Waals surface area contributed by atoms with Gasteiger partial charge in [-0.15, -0.1) is 0 Å². The van der Waals surface area contributed by atoms with Crippen molar-refractivity contribution in [2.24, 2.45) is 0 Å². The molecule has 0 atom stereocenters. The first-order chi connectivity index (χ1) is 9.27. The highest BCUT2D eigenvalue weighted by molar-refractivity contribution is 7.01. The maximum atomic E-state index is 9.02. The Morgan fingerprint density at radius 3 is 1.68 bits per heavy atom. The molecule has 0 saturated heterocycles. The molecule has 0 saturated carbocycles. The fourth-order valence-corrected chi connectivity index (χ4v) is 6.38. The van der Waals surface area contributed by atoms with Gasteiger partial charge in [-0.25, -0.2) is 0 Å². The summed E-state index contributed by atoms with van der Waals surface area (Å²) < 4.78 is 0. The molecule has 19 heavy (non-hydrogen) atoms. The maximum Gasteiger partial charge on any atom is 0.115 e. The van der Waals surface area contributed by atoms with Crippen molar-refractivity contribution >= 4 is 18.4 Å². The van der Waals surface area contributed by atoms with Gasteiger partial charge in [0.15, 0.2) is 0 Å². The highest BCUT2D eigenvalue weighted by Crippen LogP contribution is 2.15. The summed E-state index contributed by atoms with van der Waals surface area (Å²) in [4.78, 5) is 0. The van der Waals surface area contributed by atoms with E-state index in [2.05, 4.69) is 67.2 Å². The third-order valence-corrected chi connectivity index (χ3v) is 8.48. The predicted octanol–water partition coefficient (Wildman–Crippen LogP) is 2.65. The summed E-state index contributed by atoms with van der Waals surface area (Å²) >= 11 is 0. The lowest BCUT2D eigenvalue weighted by molar-refractivity contribution is 0.287. The number of hydrogen-bond acceptors (Lipinski definition) is 1. The molecule has 0 spiro atoms. The van der Waals surface area contributed by atoms with E-state index in [4.69, 9.17) is 5.11 Å². The van der Waals surface area contributed by atoms with E-state index in [1.54, 1.807) is 0 Å². The number of rotatable bonds is 6. The molecule has 2 aromatic carbocycles. The van der Waals surface area contributed by atoms with E-state index in [1.165, 1.54) is 16.4 Å². The van der Waals surface area contributed by atoms with Crippen LogP contribution in [0.3, 0.4) is 0 Å². The molecule has 0 amide bonds. The van der Waals surface area contributed by atoms with Crippen molar-refractivity contribution < 1.29 is 5.11 Å². The van der Waals surface area contributed by atoms with E-state index < -0.39 is 8.07 Å². The summed E-state index contributed by atoms with van der Waals surface area (Å²) in [5.41, 5.74) is 0. The Labute approximate surface area is 116 Å². The van der Waals surface area contributed by atoms with Gasteiger partial charge in [-0.05, 0) is 12.5 Å². The Bertz CT molecular complexity index is 442. The smallest absolute Gasteiger partial charge is 0.115 e. The quantitative estimate of drug-likeness (QED) is 0.632. The maximum absolute atomic E-state index is 9.02. The average Bonchev–Trinajstić information content (AvgIpc) is 2.49. The molecule has 2 heteroatoms. The molecule has 1 N–H and O–H groups in total. The van der Waals surface area contributed by atoms with Crippen molar-refractivity contribution in [1.82, 2.24) is 0 Å². The van der Waals surface area contributed by atoms with Gasteiger partial charge in [-0.2, -0.15) is 0 Å². The van der Waals surface area contributed by atoms with E-state index in [0.717, 1.165) is 12.8 Å². The minimum Gasteiger partial charge on any atom is -0.396 e. The third-order valence-electron chi connectivity index (χ3n) is 3.91. The zero-order valence-electron chi connectivity index (χ0n) is 11.5. The highest BCUT2D eigenvalue weighted by Gasteiger charge is 2.30. The molecule has 0 aliphatic rings. The van der Waals surface area contributed by atoms with Gasteiger partial charge in [0.05, 0.1) is 0 Å². The Morgan fingerprint density at radius 2 is 1.26 bits per heavy atom. The monoisotopic (exact) mass is 270 g/mol. The lowest BCUT2D eigenvalue weighted by Gasteiger charge is -2.28. The second-order valence-corrected chi connectivity index (χ2v) is 9.56. The molecular formula is C17H22OSi. The molecule has 1 nitrogen and oxygen atoms in total. The highest BCUT2D eigenvalue weighted by atomic mass is 28.3. The SMILES string of the molecule is C[Si](CCCCO)(c1ccccc1)c1ccccc1. The molecular weight excluding hydrogens is 248 g/mol. The van der Waals surface area contributed by atoms with Crippen LogP contribution in [0.5, 0.6) is 0 Å². The minimum absolute atomic E-state index is 0.300. The van der Waals surface area contributed by atoms with Gasteiger partial charge >= 0.3 is 0 Å². The average molecular weight is 270 g/mol. The molecule has 0 aromatic heterocycles. The second kappa shape index (κ2) is 6.69. The topological polar surface area (TPSA) is 20.2 Å². The van der Waals surface area contributed by atoms with E-state index in [0.29, 0.717) is 6.61 Å². The first-order valence-electron chi connectivity index (χ1n) is 6.99. The largest absolute Gasteiger partial charge is 0.396 e. The van der Waals surface area contributed by atoms with Crippen molar-refractivity contribution in [2.75, 3.05) is 6.61 Å². The van der Waals surface area contributed by atoms with E-state index in [9.17, 15) is 0 Å².